The number of carbonyl (C=O) groups excluding carboxylic acids is 2. The molecule has 1 aliphatic rings. The Morgan fingerprint density at radius 3 is 2.39 bits per heavy atom. The van der Waals surface area contributed by atoms with Crippen LogP contribution < -0.4 is 15.5 Å². The van der Waals surface area contributed by atoms with Crippen molar-refractivity contribution in [2.24, 2.45) is 0 Å². The zero-order valence-corrected chi connectivity index (χ0v) is 17.9. The molecule has 158 valence electrons. The summed E-state index contributed by atoms with van der Waals surface area (Å²) < 4.78 is 0. The van der Waals surface area contributed by atoms with Gasteiger partial charge in [0.2, 0.25) is 0 Å². The number of carbonyl (C=O) groups is 2. The maximum absolute atomic E-state index is 13.1. The summed E-state index contributed by atoms with van der Waals surface area (Å²) in [4.78, 5) is 27.3. The van der Waals surface area contributed by atoms with Crippen LogP contribution in [0.15, 0.2) is 72.8 Å². The Hall–Kier alpha value is -3.60. The molecule has 0 unspecified atom stereocenters. The van der Waals surface area contributed by atoms with E-state index >= 15 is 0 Å². The van der Waals surface area contributed by atoms with Gasteiger partial charge in [-0.05, 0) is 66.8 Å². The Bertz CT molecular complexity index is 1080. The summed E-state index contributed by atoms with van der Waals surface area (Å²) in [6.07, 6.45) is 1.79. The van der Waals surface area contributed by atoms with Crippen LogP contribution in [0.4, 0.5) is 16.2 Å². The molecule has 2 N–H and O–H groups in total. The maximum Gasteiger partial charge on any atom is 0.319 e. The third kappa shape index (κ3) is 4.61. The fourth-order valence-corrected chi connectivity index (χ4v) is 3.97. The molecule has 1 aliphatic heterocycles. The van der Waals surface area contributed by atoms with E-state index in [9.17, 15) is 9.59 Å². The molecule has 0 saturated carbocycles. The number of aryl methyl sites for hydroxylation is 1. The zero-order valence-electron chi connectivity index (χ0n) is 17.9. The Balaban J connectivity index is 1.43. The number of rotatable bonds is 5. The normalized spacial score (nSPS) is 14.8. The smallest absolute Gasteiger partial charge is 0.319 e. The molecule has 3 aromatic carbocycles. The second kappa shape index (κ2) is 9.04. The molecule has 0 radical (unpaired) electrons. The van der Waals surface area contributed by atoms with Gasteiger partial charge in [-0.3, -0.25) is 4.79 Å². The lowest BCUT2D eigenvalue weighted by atomic mass is 10.1. The van der Waals surface area contributed by atoms with Crippen molar-refractivity contribution in [3.8, 4) is 0 Å². The number of amides is 3. The predicted octanol–water partition coefficient (Wildman–Crippen LogP) is 5.16. The van der Waals surface area contributed by atoms with Gasteiger partial charge in [-0.25, -0.2) is 4.79 Å². The quantitative estimate of drug-likeness (QED) is 0.607. The minimum absolute atomic E-state index is 0.00484. The molecule has 0 aliphatic carbocycles. The highest BCUT2D eigenvalue weighted by atomic mass is 16.2. The number of fused-ring (bicyclic) bond motifs is 1. The van der Waals surface area contributed by atoms with Gasteiger partial charge in [0.05, 0.1) is 0 Å². The summed E-state index contributed by atoms with van der Waals surface area (Å²) in [5.41, 5.74) is 5.71. The van der Waals surface area contributed by atoms with E-state index in [0.29, 0.717) is 12.1 Å². The van der Waals surface area contributed by atoms with Gasteiger partial charge in [0.1, 0.15) is 0 Å². The molecular weight excluding hydrogens is 386 g/mol. The van der Waals surface area contributed by atoms with Crippen molar-refractivity contribution in [3.63, 3.8) is 0 Å². The molecule has 3 amide bonds. The molecule has 0 bridgehead atoms. The van der Waals surface area contributed by atoms with Gasteiger partial charge in [0.25, 0.3) is 5.91 Å². The van der Waals surface area contributed by atoms with Crippen molar-refractivity contribution in [1.82, 2.24) is 5.32 Å². The Morgan fingerprint density at radius 1 is 0.968 bits per heavy atom. The van der Waals surface area contributed by atoms with Crippen LogP contribution >= 0.6 is 0 Å². The van der Waals surface area contributed by atoms with Gasteiger partial charge in [-0.2, -0.15) is 0 Å². The molecule has 5 nitrogen and oxygen atoms in total. The average Bonchev–Trinajstić information content (AvgIpc) is 3.13. The molecule has 1 heterocycles. The number of hydrogen-bond acceptors (Lipinski definition) is 2. The highest BCUT2D eigenvalue weighted by molar-refractivity contribution is 6.07. The van der Waals surface area contributed by atoms with Crippen molar-refractivity contribution in [2.45, 2.75) is 39.3 Å². The van der Waals surface area contributed by atoms with Crippen LogP contribution in [0.3, 0.4) is 0 Å². The van der Waals surface area contributed by atoms with E-state index in [1.807, 2.05) is 71.6 Å². The van der Waals surface area contributed by atoms with Crippen molar-refractivity contribution in [1.29, 1.82) is 0 Å². The summed E-state index contributed by atoms with van der Waals surface area (Å²) in [6, 6.07) is 23.1. The first kappa shape index (κ1) is 20.7. The Morgan fingerprint density at radius 2 is 1.68 bits per heavy atom. The van der Waals surface area contributed by atoms with Gasteiger partial charge >= 0.3 is 6.03 Å². The van der Waals surface area contributed by atoms with Crippen molar-refractivity contribution >= 4 is 23.3 Å². The molecule has 0 aromatic heterocycles. The summed E-state index contributed by atoms with van der Waals surface area (Å²) >= 11 is 0. The van der Waals surface area contributed by atoms with Gasteiger partial charge in [-0.15, -0.1) is 0 Å². The maximum atomic E-state index is 13.1. The topological polar surface area (TPSA) is 61.4 Å². The summed E-state index contributed by atoms with van der Waals surface area (Å²) in [7, 11) is 0. The molecule has 3 aromatic rings. The number of hydrogen-bond donors (Lipinski definition) is 2. The fourth-order valence-electron chi connectivity index (χ4n) is 3.97. The first-order valence-electron chi connectivity index (χ1n) is 10.7. The van der Waals surface area contributed by atoms with Crippen molar-refractivity contribution in [2.75, 3.05) is 10.2 Å². The van der Waals surface area contributed by atoms with Crippen LogP contribution in [0.2, 0.25) is 0 Å². The molecule has 0 fully saturated rings. The SMILES string of the molecule is CCc1ccc(NC(=O)NCc2ccc3c(c2)N(C(=O)c2ccccc2)[C@@H](C)C3)cc1. The first-order chi connectivity index (χ1) is 15.0. The summed E-state index contributed by atoms with van der Waals surface area (Å²) in [6.45, 7) is 4.55. The van der Waals surface area contributed by atoms with Crippen LogP contribution in [0.5, 0.6) is 0 Å². The summed E-state index contributed by atoms with van der Waals surface area (Å²) in [5.74, 6) is 0.00484. The van der Waals surface area contributed by atoms with Crippen LogP contribution in [0.1, 0.15) is 40.9 Å². The van der Waals surface area contributed by atoms with Crippen molar-refractivity contribution < 1.29 is 9.59 Å². The molecule has 5 heteroatoms. The molecule has 4 rings (SSSR count). The largest absolute Gasteiger partial charge is 0.334 e. The van der Waals surface area contributed by atoms with E-state index in [0.717, 1.165) is 35.3 Å². The lowest BCUT2D eigenvalue weighted by Crippen LogP contribution is -2.35. The zero-order chi connectivity index (χ0) is 21.8. The number of benzene rings is 3. The molecule has 1 atom stereocenters. The first-order valence-corrected chi connectivity index (χ1v) is 10.7. The molecular formula is C26H27N3O2. The lowest BCUT2D eigenvalue weighted by Gasteiger charge is -2.23. The van der Waals surface area contributed by atoms with Gasteiger partial charge in [0, 0.05) is 29.5 Å². The van der Waals surface area contributed by atoms with E-state index in [2.05, 4.69) is 30.5 Å². The van der Waals surface area contributed by atoms with E-state index in [1.54, 1.807) is 0 Å². The minimum Gasteiger partial charge on any atom is -0.334 e. The monoisotopic (exact) mass is 413 g/mol. The average molecular weight is 414 g/mol. The van der Waals surface area contributed by atoms with Gasteiger partial charge in [-0.1, -0.05) is 49.4 Å². The number of nitrogens with zero attached hydrogens (tertiary/aromatic N) is 1. The highest BCUT2D eigenvalue weighted by Gasteiger charge is 2.31. The number of urea groups is 1. The van der Waals surface area contributed by atoms with Gasteiger partial charge < -0.3 is 15.5 Å². The fraction of sp³-hybridized carbons (Fsp3) is 0.231. The lowest BCUT2D eigenvalue weighted by molar-refractivity contribution is 0.0981. The third-order valence-electron chi connectivity index (χ3n) is 5.68. The predicted molar refractivity (Wildman–Crippen MR) is 125 cm³/mol. The number of anilines is 2. The van der Waals surface area contributed by atoms with E-state index in [1.165, 1.54) is 5.56 Å². The van der Waals surface area contributed by atoms with Crippen LogP contribution in [0, 0.1) is 0 Å². The highest BCUT2D eigenvalue weighted by Crippen LogP contribution is 2.34. The van der Waals surface area contributed by atoms with E-state index < -0.39 is 0 Å². The van der Waals surface area contributed by atoms with Crippen LogP contribution in [-0.2, 0) is 19.4 Å². The van der Waals surface area contributed by atoms with Gasteiger partial charge in [0.15, 0.2) is 0 Å². The molecule has 0 spiro atoms. The third-order valence-corrected chi connectivity index (χ3v) is 5.68. The van der Waals surface area contributed by atoms with E-state index in [4.69, 9.17) is 0 Å². The molecule has 0 saturated heterocycles. The van der Waals surface area contributed by atoms with E-state index in [-0.39, 0.29) is 18.0 Å². The van der Waals surface area contributed by atoms with Crippen LogP contribution in [0.25, 0.3) is 0 Å². The Kier molecular flexibility index (Phi) is 6.03. The summed E-state index contributed by atoms with van der Waals surface area (Å²) in [5, 5.41) is 5.76. The standard InChI is InChI=1S/C26H27N3O2/c1-3-19-10-13-23(14-11-19)28-26(31)27-17-20-9-12-22-15-18(2)29(24(22)16-20)25(30)21-7-5-4-6-8-21/h4-14,16,18H,3,15,17H2,1-2H3,(H2,27,28,31)/t18-/m0/s1. The van der Waals surface area contributed by atoms with Crippen molar-refractivity contribution in [3.05, 3.63) is 95.1 Å². The number of nitrogens with one attached hydrogen (secondary N) is 2. The minimum atomic E-state index is -0.254. The second-order valence-corrected chi connectivity index (χ2v) is 7.92. The molecule has 31 heavy (non-hydrogen) atoms. The van der Waals surface area contributed by atoms with Crippen LogP contribution in [-0.4, -0.2) is 18.0 Å². The Labute approximate surface area is 183 Å². The second-order valence-electron chi connectivity index (χ2n) is 7.92.